The van der Waals surface area contributed by atoms with Crippen LogP contribution in [0.1, 0.15) is 92.9 Å². The Bertz CT molecular complexity index is 534. The van der Waals surface area contributed by atoms with Crippen LogP contribution in [0.4, 0.5) is 0 Å². The molecule has 0 amide bonds. The smallest absolute Gasteiger partial charge is 0.193 e. The maximum atomic E-state index is 11.0. The summed E-state index contributed by atoms with van der Waals surface area (Å²) in [5, 5.41) is 11.0. The summed E-state index contributed by atoms with van der Waals surface area (Å²) in [4.78, 5) is 0. The predicted molar refractivity (Wildman–Crippen MR) is 120 cm³/mol. The summed E-state index contributed by atoms with van der Waals surface area (Å²) in [5.74, 6) is 0.455. The minimum absolute atomic E-state index is 0.0914. The van der Waals surface area contributed by atoms with Gasteiger partial charge in [0.2, 0.25) is 0 Å². The lowest BCUT2D eigenvalue weighted by atomic mass is 9.68. The molecule has 0 aromatic heterocycles. The largest absolute Gasteiger partial charge is 0.407 e. The zero-order chi connectivity index (χ0) is 20.1. The maximum absolute atomic E-state index is 11.0. The van der Waals surface area contributed by atoms with Crippen LogP contribution in [0.2, 0.25) is 18.1 Å². The Morgan fingerprint density at radius 2 is 1.81 bits per heavy atom. The first-order chi connectivity index (χ1) is 12.8. The number of hydrogen-bond donors (Lipinski definition) is 1. The van der Waals surface area contributed by atoms with E-state index in [0.717, 1.165) is 12.0 Å². The van der Waals surface area contributed by atoms with Crippen molar-refractivity contribution in [1.29, 1.82) is 0 Å². The second-order valence-electron chi connectivity index (χ2n) is 9.23. The van der Waals surface area contributed by atoms with Gasteiger partial charge in [-0.3, -0.25) is 0 Å². The highest BCUT2D eigenvalue weighted by molar-refractivity contribution is 6.73. The zero-order valence-corrected chi connectivity index (χ0v) is 19.9. The normalized spacial score (nSPS) is 27.4. The van der Waals surface area contributed by atoms with Crippen LogP contribution in [0.25, 0.3) is 0 Å². The van der Waals surface area contributed by atoms with Gasteiger partial charge in [-0.15, -0.1) is 0 Å². The molecule has 0 radical (unpaired) electrons. The first kappa shape index (κ1) is 22.9. The molecule has 27 heavy (non-hydrogen) atoms. The Hall–Kier alpha value is -0.383. The lowest BCUT2D eigenvalue weighted by molar-refractivity contribution is -0.0210. The second-order valence-corrected chi connectivity index (χ2v) is 13.9. The first-order valence-corrected chi connectivity index (χ1v) is 14.1. The van der Waals surface area contributed by atoms with E-state index in [-0.39, 0.29) is 11.7 Å². The Balaban J connectivity index is 2.40. The van der Waals surface area contributed by atoms with E-state index in [9.17, 15) is 5.11 Å². The summed E-state index contributed by atoms with van der Waals surface area (Å²) in [6, 6.07) is 3.62. The minimum Gasteiger partial charge on any atom is -0.407 e. The molecular weight excluding hydrogens is 348 g/mol. The average Bonchev–Trinajstić information content (AvgIpc) is 3.22. The number of aliphatic hydroxyl groups excluding tert-OH is 1. The predicted octanol–water partition coefficient (Wildman–Crippen LogP) is 7.15. The van der Waals surface area contributed by atoms with Crippen LogP contribution in [0, 0.1) is 5.92 Å². The van der Waals surface area contributed by atoms with E-state index < -0.39 is 8.32 Å². The van der Waals surface area contributed by atoms with Gasteiger partial charge in [0.15, 0.2) is 8.32 Å². The van der Waals surface area contributed by atoms with Gasteiger partial charge in [0, 0.05) is 0 Å². The lowest BCUT2D eigenvalue weighted by Gasteiger charge is -2.51. The summed E-state index contributed by atoms with van der Waals surface area (Å²) in [6.07, 6.45) is 11.6. The molecule has 0 aliphatic heterocycles. The fourth-order valence-corrected chi connectivity index (χ4v) is 8.44. The molecule has 2 aliphatic carbocycles. The fraction of sp³-hybridized carbons (Fsp3) is 0.833. The summed E-state index contributed by atoms with van der Waals surface area (Å²) >= 11 is 0. The number of hydrogen-bond acceptors (Lipinski definition) is 2. The minimum atomic E-state index is -1.72. The van der Waals surface area contributed by atoms with Crippen molar-refractivity contribution >= 4 is 8.32 Å². The van der Waals surface area contributed by atoms with Gasteiger partial charge >= 0.3 is 0 Å². The monoisotopic (exact) mass is 392 g/mol. The van der Waals surface area contributed by atoms with Crippen molar-refractivity contribution in [3.63, 3.8) is 0 Å². The molecule has 0 bridgehead atoms. The molecular formula is C24H44O2Si. The molecule has 2 nitrogen and oxygen atoms in total. The number of aliphatic hydroxyl groups is 1. The van der Waals surface area contributed by atoms with Crippen molar-refractivity contribution in [3.05, 3.63) is 22.8 Å². The lowest BCUT2D eigenvalue weighted by Crippen LogP contribution is -2.54. The molecule has 156 valence electrons. The van der Waals surface area contributed by atoms with E-state index in [1.807, 2.05) is 0 Å². The van der Waals surface area contributed by atoms with Crippen LogP contribution in [0.15, 0.2) is 22.8 Å². The van der Waals surface area contributed by atoms with Crippen LogP contribution in [-0.2, 0) is 4.43 Å². The highest BCUT2D eigenvalue weighted by Crippen LogP contribution is 2.50. The molecule has 0 aromatic carbocycles. The molecule has 0 aromatic rings. The van der Waals surface area contributed by atoms with Crippen molar-refractivity contribution in [2.45, 2.75) is 123 Å². The van der Waals surface area contributed by atoms with Crippen molar-refractivity contribution < 1.29 is 9.53 Å². The Morgan fingerprint density at radius 3 is 2.33 bits per heavy atom. The number of rotatable bonds is 9. The van der Waals surface area contributed by atoms with Crippen molar-refractivity contribution in [2.24, 2.45) is 5.92 Å². The Morgan fingerprint density at radius 1 is 1.15 bits per heavy atom. The second kappa shape index (κ2) is 9.89. The van der Waals surface area contributed by atoms with Gasteiger partial charge in [-0.1, -0.05) is 45.3 Å². The molecule has 0 saturated heterocycles. The van der Waals surface area contributed by atoms with E-state index in [0.29, 0.717) is 5.92 Å². The molecule has 0 heterocycles. The third kappa shape index (κ3) is 4.97. The van der Waals surface area contributed by atoms with E-state index >= 15 is 0 Å². The topological polar surface area (TPSA) is 29.5 Å². The van der Waals surface area contributed by atoms with Crippen LogP contribution in [0.3, 0.4) is 0 Å². The van der Waals surface area contributed by atoms with Gasteiger partial charge in [0.1, 0.15) is 0 Å². The third-order valence-corrected chi connectivity index (χ3v) is 12.4. The fourth-order valence-electron chi connectivity index (χ4n) is 5.33. The molecule has 2 rings (SSSR count). The summed E-state index contributed by atoms with van der Waals surface area (Å²) in [6.45, 7) is 13.4. The molecule has 1 unspecified atom stereocenters. The van der Waals surface area contributed by atoms with E-state index in [1.54, 1.807) is 5.57 Å². The van der Waals surface area contributed by atoms with Gasteiger partial charge in [-0.2, -0.15) is 0 Å². The first-order valence-electron chi connectivity index (χ1n) is 11.6. The third-order valence-electron chi connectivity index (χ3n) is 7.72. The molecule has 0 spiro atoms. The van der Waals surface area contributed by atoms with E-state index in [4.69, 9.17) is 4.43 Å². The molecule has 1 fully saturated rings. The van der Waals surface area contributed by atoms with Gasteiger partial charge in [-0.25, -0.2) is 0 Å². The van der Waals surface area contributed by atoms with Crippen LogP contribution >= 0.6 is 0 Å². The van der Waals surface area contributed by atoms with E-state index in [1.165, 1.54) is 68.7 Å². The highest BCUT2D eigenvalue weighted by Gasteiger charge is 2.49. The number of allylic oxidation sites excluding steroid dienone is 2. The van der Waals surface area contributed by atoms with Crippen LogP contribution < -0.4 is 0 Å². The average molecular weight is 393 g/mol. The molecule has 3 heteroatoms. The summed E-state index contributed by atoms with van der Waals surface area (Å²) < 4.78 is 7.40. The van der Waals surface area contributed by atoms with Crippen LogP contribution in [0.5, 0.6) is 0 Å². The van der Waals surface area contributed by atoms with Crippen LogP contribution in [-0.4, -0.2) is 25.1 Å². The molecule has 2 aliphatic rings. The SMILES string of the molecule is CC[Si](CC)(CC)O[C@]1(C2=CCCC2)CCCC[C@@H]1CC(O)C(C)=C(C)C. The quantitative estimate of drug-likeness (QED) is 0.333. The standard InChI is InChI=1S/C24H44O2Si/c1-7-27(8-2,9-3)26-24(21-14-10-11-15-21)17-13-12-16-22(24)18-23(25)20(6)19(4)5/h14,22-23,25H,7-13,15-18H2,1-6H3/t22-,23?,24+/m1/s1. The van der Waals surface area contributed by atoms with Crippen molar-refractivity contribution in [1.82, 2.24) is 0 Å². The van der Waals surface area contributed by atoms with Crippen molar-refractivity contribution in [3.8, 4) is 0 Å². The molecule has 1 N–H and O–H groups in total. The Labute approximate surface area is 169 Å². The maximum Gasteiger partial charge on any atom is 0.193 e. The van der Waals surface area contributed by atoms with Gasteiger partial charge < -0.3 is 9.53 Å². The van der Waals surface area contributed by atoms with Gasteiger partial charge in [0.05, 0.1) is 11.7 Å². The summed E-state index contributed by atoms with van der Waals surface area (Å²) in [5.41, 5.74) is 3.90. The van der Waals surface area contributed by atoms with Gasteiger partial charge in [0.25, 0.3) is 0 Å². The zero-order valence-electron chi connectivity index (χ0n) is 18.9. The van der Waals surface area contributed by atoms with Gasteiger partial charge in [-0.05, 0) is 94.5 Å². The highest BCUT2D eigenvalue weighted by atomic mass is 28.4. The van der Waals surface area contributed by atoms with E-state index in [2.05, 4.69) is 47.6 Å². The molecule has 3 atom stereocenters. The molecule has 1 saturated carbocycles. The summed E-state index contributed by atoms with van der Waals surface area (Å²) in [7, 11) is -1.72. The Kier molecular flexibility index (Phi) is 8.39. The van der Waals surface area contributed by atoms with Crippen molar-refractivity contribution in [2.75, 3.05) is 0 Å².